The van der Waals surface area contributed by atoms with Gasteiger partial charge in [-0.3, -0.25) is 0 Å². The molecule has 0 N–H and O–H groups in total. The van der Waals surface area contributed by atoms with Crippen molar-refractivity contribution in [1.82, 2.24) is 0 Å². The molecule has 0 bridgehead atoms. The number of ether oxygens (including phenoxy) is 2. The van der Waals surface area contributed by atoms with Gasteiger partial charge in [0.2, 0.25) is 0 Å². The summed E-state index contributed by atoms with van der Waals surface area (Å²) in [5.41, 5.74) is 2.34. The van der Waals surface area contributed by atoms with Crippen molar-refractivity contribution in [3.05, 3.63) is 121 Å². The molecule has 1 aliphatic heterocycles. The van der Waals surface area contributed by atoms with E-state index in [4.69, 9.17) is 9.47 Å². The lowest BCUT2D eigenvalue weighted by Crippen LogP contribution is -2.00. The number of hydrogen-bond donors (Lipinski definition) is 0. The molecule has 0 saturated heterocycles. The Morgan fingerprint density at radius 3 is 1.79 bits per heavy atom. The third-order valence-corrected chi connectivity index (χ3v) is 8.06. The number of fused-ring (bicyclic) bond motifs is 7. The first-order valence-corrected chi connectivity index (χ1v) is 12.9. The second-order valence-electron chi connectivity index (χ2n) is 10.0. The van der Waals surface area contributed by atoms with Gasteiger partial charge in [-0.25, -0.2) is 0 Å². The molecule has 8 aromatic carbocycles. The highest BCUT2D eigenvalue weighted by molar-refractivity contribution is 6.35. The highest BCUT2D eigenvalue weighted by atomic mass is 16.6. The van der Waals surface area contributed by atoms with Crippen LogP contribution in [0.2, 0.25) is 0 Å². The molecule has 38 heavy (non-hydrogen) atoms. The van der Waals surface area contributed by atoms with Gasteiger partial charge in [0, 0.05) is 5.39 Å². The highest BCUT2D eigenvalue weighted by Crippen LogP contribution is 2.52. The largest absolute Gasteiger partial charge is 0.449 e. The van der Waals surface area contributed by atoms with Crippen LogP contribution in [-0.2, 0) is 0 Å². The minimum atomic E-state index is 0.739. The van der Waals surface area contributed by atoms with E-state index in [1.54, 1.807) is 0 Å². The van der Waals surface area contributed by atoms with Crippen molar-refractivity contribution in [1.29, 1.82) is 0 Å². The molecular weight excluding hydrogens is 464 g/mol. The van der Waals surface area contributed by atoms with Gasteiger partial charge in [-0.1, -0.05) is 103 Å². The van der Waals surface area contributed by atoms with Crippen LogP contribution < -0.4 is 9.47 Å². The number of benzene rings is 8. The first-order chi connectivity index (χ1) is 18.8. The zero-order chi connectivity index (χ0) is 24.8. The van der Waals surface area contributed by atoms with Crippen molar-refractivity contribution in [2.45, 2.75) is 0 Å². The number of para-hydroxylation sites is 2. The summed E-state index contributed by atoms with van der Waals surface area (Å²) >= 11 is 0. The maximum absolute atomic E-state index is 6.41. The predicted molar refractivity (Wildman–Crippen MR) is 157 cm³/mol. The van der Waals surface area contributed by atoms with Crippen LogP contribution in [-0.4, -0.2) is 0 Å². The van der Waals surface area contributed by atoms with Crippen molar-refractivity contribution >= 4 is 53.9 Å². The maximum Gasteiger partial charge on any atom is 0.177 e. The molecule has 8 aromatic rings. The Kier molecular flexibility index (Phi) is 3.82. The Labute approximate surface area is 218 Å². The van der Waals surface area contributed by atoms with E-state index in [-0.39, 0.29) is 0 Å². The molecule has 0 saturated carbocycles. The van der Waals surface area contributed by atoms with Crippen molar-refractivity contribution in [2.75, 3.05) is 0 Å². The zero-order valence-corrected chi connectivity index (χ0v) is 20.4. The fourth-order valence-electron chi connectivity index (χ4n) is 6.43. The van der Waals surface area contributed by atoms with Gasteiger partial charge < -0.3 is 9.47 Å². The summed E-state index contributed by atoms with van der Waals surface area (Å²) in [7, 11) is 0. The summed E-state index contributed by atoms with van der Waals surface area (Å²) in [5, 5.41) is 12.5. The standard InChI is InChI=1S/C36H20O2/c1-2-10-23-22(9-1)26-13-7-8-21-16-17-27-25(18-19-28(23)35(27)34(21)26)30-20-33-36(29-12-4-3-11-24(29)30)38-32-15-6-5-14-31(32)37-33/h1-20H. The van der Waals surface area contributed by atoms with Gasteiger partial charge in [-0.05, 0) is 77.8 Å². The van der Waals surface area contributed by atoms with Crippen LogP contribution in [0.15, 0.2) is 121 Å². The number of rotatable bonds is 1. The predicted octanol–water partition coefficient (Wildman–Crippen LogP) is 10.5. The van der Waals surface area contributed by atoms with E-state index >= 15 is 0 Å². The van der Waals surface area contributed by atoms with Crippen LogP contribution in [0, 0.1) is 0 Å². The van der Waals surface area contributed by atoms with Crippen LogP contribution in [0.3, 0.4) is 0 Å². The zero-order valence-electron chi connectivity index (χ0n) is 20.4. The minimum Gasteiger partial charge on any atom is -0.449 e. The fraction of sp³-hybridized carbons (Fsp3) is 0. The summed E-state index contributed by atoms with van der Waals surface area (Å²) in [6.07, 6.45) is 0. The van der Waals surface area contributed by atoms with Crippen molar-refractivity contribution in [2.24, 2.45) is 0 Å². The highest BCUT2D eigenvalue weighted by Gasteiger charge is 2.24. The second-order valence-corrected chi connectivity index (χ2v) is 10.0. The summed E-state index contributed by atoms with van der Waals surface area (Å²) in [5.74, 6) is 3.00. The van der Waals surface area contributed by atoms with E-state index in [9.17, 15) is 0 Å². The molecule has 0 unspecified atom stereocenters. The van der Waals surface area contributed by atoms with E-state index in [2.05, 4.69) is 97.1 Å². The normalized spacial score (nSPS) is 12.6. The Balaban J connectivity index is 1.41. The van der Waals surface area contributed by atoms with Gasteiger partial charge in [0.1, 0.15) is 0 Å². The van der Waals surface area contributed by atoms with Crippen LogP contribution in [0.1, 0.15) is 0 Å². The van der Waals surface area contributed by atoms with Gasteiger partial charge >= 0.3 is 0 Å². The average molecular weight is 485 g/mol. The van der Waals surface area contributed by atoms with Crippen LogP contribution in [0.4, 0.5) is 0 Å². The third kappa shape index (κ3) is 2.56. The molecule has 1 heterocycles. The Morgan fingerprint density at radius 2 is 0.974 bits per heavy atom. The SMILES string of the molecule is c1ccc2c(c1)Oc1cc(-c3ccc4c5ccccc5c5cccc6ccc3c4c65)c3ccccc3c1O2. The monoisotopic (exact) mass is 484 g/mol. The first kappa shape index (κ1) is 20.0. The third-order valence-electron chi connectivity index (χ3n) is 8.06. The van der Waals surface area contributed by atoms with E-state index in [0.29, 0.717) is 0 Å². The molecule has 0 fully saturated rings. The second kappa shape index (κ2) is 7.24. The van der Waals surface area contributed by atoms with E-state index < -0.39 is 0 Å². The van der Waals surface area contributed by atoms with Crippen molar-refractivity contribution in [3.8, 4) is 34.1 Å². The smallest absolute Gasteiger partial charge is 0.177 e. The molecule has 176 valence electrons. The molecule has 0 atom stereocenters. The van der Waals surface area contributed by atoms with Gasteiger partial charge in [0.25, 0.3) is 0 Å². The van der Waals surface area contributed by atoms with Crippen molar-refractivity contribution in [3.63, 3.8) is 0 Å². The van der Waals surface area contributed by atoms with Gasteiger partial charge in [0.15, 0.2) is 23.0 Å². The summed E-state index contributed by atoms with van der Waals surface area (Å²) in [6, 6.07) is 43.0. The van der Waals surface area contributed by atoms with Gasteiger partial charge in [0.05, 0.1) is 0 Å². The Morgan fingerprint density at radius 1 is 0.342 bits per heavy atom. The molecule has 2 heteroatoms. The molecule has 9 rings (SSSR count). The van der Waals surface area contributed by atoms with Crippen LogP contribution in [0.5, 0.6) is 23.0 Å². The molecule has 0 aliphatic carbocycles. The number of hydrogen-bond acceptors (Lipinski definition) is 2. The Hall–Kier alpha value is -5.08. The lowest BCUT2D eigenvalue weighted by Gasteiger charge is -2.24. The molecule has 0 aromatic heterocycles. The van der Waals surface area contributed by atoms with E-state index in [1.807, 2.05) is 24.3 Å². The molecule has 0 amide bonds. The Bertz CT molecular complexity index is 2240. The van der Waals surface area contributed by atoms with Crippen LogP contribution in [0.25, 0.3) is 65.0 Å². The maximum atomic E-state index is 6.41. The molecule has 1 aliphatic rings. The molecule has 2 nitrogen and oxygen atoms in total. The molecular formula is C36H20O2. The van der Waals surface area contributed by atoms with Gasteiger partial charge in [-0.2, -0.15) is 0 Å². The minimum absolute atomic E-state index is 0.739. The first-order valence-electron chi connectivity index (χ1n) is 12.9. The summed E-state index contributed by atoms with van der Waals surface area (Å²) in [4.78, 5) is 0. The summed E-state index contributed by atoms with van der Waals surface area (Å²) < 4.78 is 12.8. The van der Waals surface area contributed by atoms with Crippen LogP contribution >= 0.6 is 0 Å². The lowest BCUT2D eigenvalue weighted by molar-refractivity contribution is 0.363. The quantitative estimate of drug-likeness (QED) is 0.170. The average Bonchev–Trinajstić information content (AvgIpc) is 2.99. The topological polar surface area (TPSA) is 18.5 Å². The molecule has 0 radical (unpaired) electrons. The fourth-order valence-corrected chi connectivity index (χ4v) is 6.43. The van der Waals surface area contributed by atoms with E-state index in [0.717, 1.165) is 39.3 Å². The van der Waals surface area contributed by atoms with Crippen molar-refractivity contribution < 1.29 is 9.47 Å². The molecule has 0 spiro atoms. The summed E-state index contributed by atoms with van der Waals surface area (Å²) in [6.45, 7) is 0. The van der Waals surface area contributed by atoms with Gasteiger partial charge in [-0.15, -0.1) is 0 Å². The van der Waals surface area contributed by atoms with E-state index in [1.165, 1.54) is 48.7 Å². The lowest BCUT2D eigenvalue weighted by atomic mass is 9.85.